The van der Waals surface area contributed by atoms with Crippen molar-refractivity contribution in [1.29, 1.82) is 0 Å². The molecular formula is C19H26N4O3. The van der Waals surface area contributed by atoms with E-state index in [-0.39, 0.29) is 23.6 Å². The van der Waals surface area contributed by atoms with Gasteiger partial charge in [0.25, 0.3) is 5.91 Å². The number of nitrogens with zero attached hydrogens (tertiary/aromatic N) is 4. The number of carbonyl (C=O) groups excluding carboxylic acids is 3. The molecule has 140 valence electrons. The van der Waals surface area contributed by atoms with E-state index in [9.17, 15) is 14.4 Å². The molecular weight excluding hydrogens is 332 g/mol. The van der Waals surface area contributed by atoms with E-state index in [1.807, 2.05) is 18.7 Å². The topological polar surface area (TPSA) is 73.8 Å². The number of pyridine rings is 1. The Kier molecular flexibility index (Phi) is 4.98. The molecule has 3 heterocycles. The van der Waals surface area contributed by atoms with Gasteiger partial charge in [0.15, 0.2) is 0 Å². The Hall–Kier alpha value is -2.44. The second-order valence-corrected chi connectivity index (χ2v) is 7.81. The van der Waals surface area contributed by atoms with E-state index in [1.54, 1.807) is 41.4 Å². The van der Waals surface area contributed by atoms with Gasteiger partial charge in [-0.3, -0.25) is 19.4 Å². The lowest BCUT2D eigenvalue weighted by Gasteiger charge is -2.33. The lowest BCUT2D eigenvalue weighted by Crippen LogP contribution is -2.45. The number of amides is 3. The van der Waals surface area contributed by atoms with Crippen LogP contribution < -0.4 is 0 Å². The van der Waals surface area contributed by atoms with Crippen molar-refractivity contribution in [2.75, 3.05) is 39.8 Å². The Labute approximate surface area is 154 Å². The molecule has 1 atom stereocenters. The minimum atomic E-state index is -0.412. The molecule has 7 heteroatoms. The van der Waals surface area contributed by atoms with Gasteiger partial charge in [-0.25, -0.2) is 0 Å². The van der Waals surface area contributed by atoms with Gasteiger partial charge in [-0.15, -0.1) is 0 Å². The largest absolute Gasteiger partial charge is 0.345 e. The SMILES string of the molecule is CC(C)C(=O)N1CCN(C(=O)c2cccnc2)C[C@]2(CC(=O)N(C)C2)C1. The third-order valence-electron chi connectivity index (χ3n) is 5.22. The molecule has 0 unspecified atom stereocenters. The van der Waals surface area contributed by atoms with Crippen molar-refractivity contribution in [1.82, 2.24) is 19.7 Å². The van der Waals surface area contributed by atoms with Crippen LogP contribution in [0.4, 0.5) is 0 Å². The maximum absolute atomic E-state index is 12.9. The van der Waals surface area contributed by atoms with Gasteiger partial charge < -0.3 is 14.7 Å². The first-order chi connectivity index (χ1) is 12.3. The number of carbonyl (C=O) groups is 3. The molecule has 0 bridgehead atoms. The molecule has 7 nitrogen and oxygen atoms in total. The van der Waals surface area contributed by atoms with E-state index >= 15 is 0 Å². The fraction of sp³-hybridized carbons (Fsp3) is 0.579. The van der Waals surface area contributed by atoms with Crippen molar-refractivity contribution in [3.05, 3.63) is 30.1 Å². The normalized spacial score (nSPS) is 23.7. The van der Waals surface area contributed by atoms with Crippen LogP contribution in [0, 0.1) is 11.3 Å². The molecule has 0 N–H and O–H groups in total. The highest BCUT2D eigenvalue weighted by molar-refractivity contribution is 5.94. The van der Waals surface area contributed by atoms with Crippen LogP contribution in [-0.4, -0.2) is 77.2 Å². The summed E-state index contributed by atoms with van der Waals surface area (Å²) in [6, 6.07) is 3.48. The van der Waals surface area contributed by atoms with Gasteiger partial charge in [-0.2, -0.15) is 0 Å². The maximum atomic E-state index is 12.9. The molecule has 1 aromatic rings. The van der Waals surface area contributed by atoms with Crippen molar-refractivity contribution in [3.8, 4) is 0 Å². The van der Waals surface area contributed by atoms with Crippen molar-refractivity contribution in [2.45, 2.75) is 20.3 Å². The first kappa shape index (κ1) is 18.4. The third kappa shape index (κ3) is 3.57. The zero-order valence-electron chi connectivity index (χ0n) is 15.6. The summed E-state index contributed by atoms with van der Waals surface area (Å²) >= 11 is 0. The zero-order chi connectivity index (χ0) is 18.9. The molecule has 0 aliphatic carbocycles. The Morgan fingerprint density at radius 2 is 1.85 bits per heavy atom. The predicted octanol–water partition coefficient (Wildman–Crippen LogP) is 0.871. The van der Waals surface area contributed by atoms with Crippen molar-refractivity contribution in [2.24, 2.45) is 11.3 Å². The fourth-order valence-electron chi connectivity index (χ4n) is 3.97. The molecule has 1 spiro atoms. The van der Waals surface area contributed by atoms with Crippen molar-refractivity contribution >= 4 is 17.7 Å². The smallest absolute Gasteiger partial charge is 0.255 e. The summed E-state index contributed by atoms with van der Waals surface area (Å²) in [5.74, 6) is -0.0690. The first-order valence-electron chi connectivity index (χ1n) is 9.03. The summed E-state index contributed by atoms with van der Waals surface area (Å²) in [6.07, 6.45) is 3.55. The average Bonchev–Trinajstić information content (AvgIpc) is 2.79. The summed E-state index contributed by atoms with van der Waals surface area (Å²) < 4.78 is 0. The molecule has 0 radical (unpaired) electrons. The molecule has 3 amide bonds. The van der Waals surface area contributed by atoms with Crippen LogP contribution in [0.3, 0.4) is 0 Å². The number of likely N-dealkylation sites (tertiary alicyclic amines) is 1. The summed E-state index contributed by atoms with van der Waals surface area (Å²) in [6.45, 7) is 6.25. The van der Waals surface area contributed by atoms with Gasteiger partial charge >= 0.3 is 0 Å². The van der Waals surface area contributed by atoms with E-state index in [4.69, 9.17) is 0 Å². The molecule has 3 rings (SSSR count). The number of rotatable bonds is 2. The monoisotopic (exact) mass is 358 g/mol. The Bertz CT molecular complexity index is 706. The highest BCUT2D eigenvalue weighted by Crippen LogP contribution is 2.35. The van der Waals surface area contributed by atoms with Crippen molar-refractivity contribution in [3.63, 3.8) is 0 Å². The van der Waals surface area contributed by atoms with Crippen LogP contribution in [0.5, 0.6) is 0 Å². The molecule has 0 aromatic carbocycles. The molecule has 1 aromatic heterocycles. The lowest BCUT2D eigenvalue weighted by atomic mass is 9.85. The lowest BCUT2D eigenvalue weighted by molar-refractivity contribution is -0.135. The van der Waals surface area contributed by atoms with E-state index in [2.05, 4.69) is 4.98 Å². The number of aromatic nitrogens is 1. The highest BCUT2D eigenvalue weighted by Gasteiger charge is 2.47. The van der Waals surface area contributed by atoms with E-state index < -0.39 is 5.41 Å². The second-order valence-electron chi connectivity index (χ2n) is 7.81. The van der Waals surface area contributed by atoms with Crippen LogP contribution >= 0.6 is 0 Å². The van der Waals surface area contributed by atoms with Crippen LogP contribution in [0.2, 0.25) is 0 Å². The Balaban J connectivity index is 1.88. The van der Waals surface area contributed by atoms with E-state index in [0.29, 0.717) is 44.7 Å². The standard InChI is InChI=1S/C19H26N4O3/c1-14(2)17(25)22-7-8-23(18(26)15-5-4-6-20-10-15)13-19(12-22)9-16(24)21(3)11-19/h4-6,10,14H,7-9,11-13H2,1-3H3/t19-/m0/s1. The van der Waals surface area contributed by atoms with Crippen molar-refractivity contribution < 1.29 is 14.4 Å². The van der Waals surface area contributed by atoms with Gasteiger partial charge in [0, 0.05) is 69.9 Å². The minimum Gasteiger partial charge on any atom is -0.345 e. The molecule has 2 aliphatic heterocycles. The van der Waals surface area contributed by atoms with Gasteiger partial charge in [0.1, 0.15) is 0 Å². The predicted molar refractivity (Wildman–Crippen MR) is 96.2 cm³/mol. The van der Waals surface area contributed by atoms with Crippen LogP contribution in [0.1, 0.15) is 30.6 Å². The summed E-state index contributed by atoms with van der Waals surface area (Å²) in [7, 11) is 1.78. The molecule has 2 saturated heterocycles. The molecule has 2 fully saturated rings. The summed E-state index contributed by atoms with van der Waals surface area (Å²) in [5.41, 5.74) is 0.119. The number of hydrogen-bond donors (Lipinski definition) is 0. The molecule has 2 aliphatic rings. The van der Waals surface area contributed by atoms with Crippen LogP contribution in [-0.2, 0) is 9.59 Å². The Morgan fingerprint density at radius 3 is 2.42 bits per heavy atom. The maximum Gasteiger partial charge on any atom is 0.255 e. The summed E-state index contributed by atoms with van der Waals surface area (Å²) in [5, 5.41) is 0. The number of hydrogen-bond acceptors (Lipinski definition) is 4. The van der Waals surface area contributed by atoms with Gasteiger partial charge in [-0.1, -0.05) is 13.8 Å². The van der Waals surface area contributed by atoms with Crippen LogP contribution in [0.15, 0.2) is 24.5 Å². The van der Waals surface area contributed by atoms with E-state index in [1.165, 1.54) is 0 Å². The van der Waals surface area contributed by atoms with Gasteiger partial charge in [0.2, 0.25) is 11.8 Å². The molecule has 26 heavy (non-hydrogen) atoms. The van der Waals surface area contributed by atoms with Gasteiger partial charge in [0.05, 0.1) is 5.56 Å². The summed E-state index contributed by atoms with van der Waals surface area (Å²) in [4.78, 5) is 47.1. The second kappa shape index (κ2) is 7.05. The highest BCUT2D eigenvalue weighted by atomic mass is 16.2. The first-order valence-corrected chi connectivity index (χ1v) is 9.03. The minimum absolute atomic E-state index is 0.0672. The zero-order valence-corrected chi connectivity index (χ0v) is 15.6. The Morgan fingerprint density at radius 1 is 1.15 bits per heavy atom. The van der Waals surface area contributed by atoms with E-state index in [0.717, 1.165) is 0 Å². The quantitative estimate of drug-likeness (QED) is 0.786. The van der Waals surface area contributed by atoms with Crippen LogP contribution in [0.25, 0.3) is 0 Å². The third-order valence-corrected chi connectivity index (χ3v) is 5.22. The average molecular weight is 358 g/mol. The fourth-order valence-corrected chi connectivity index (χ4v) is 3.97. The van der Waals surface area contributed by atoms with Gasteiger partial charge in [-0.05, 0) is 12.1 Å². The molecule has 0 saturated carbocycles.